The number of aromatic nitrogens is 1. The van der Waals surface area contributed by atoms with Gasteiger partial charge in [-0.1, -0.05) is 24.3 Å². The van der Waals surface area contributed by atoms with E-state index in [2.05, 4.69) is 6.58 Å². The highest BCUT2D eigenvalue weighted by molar-refractivity contribution is 6.30. The zero-order chi connectivity index (χ0) is 15.6. The van der Waals surface area contributed by atoms with Crippen LogP contribution in [0.4, 0.5) is 8.78 Å². The summed E-state index contributed by atoms with van der Waals surface area (Å²) in [4.78, 5) is 11.7. The van der Waals surface area contributed by atoms with E-state index < -0.39 is 17.2 Å². The first-order valence-electron chi connectivity index (χ1n) is 6.04. The third kappa shape index (κ3) is 2.97. The molecule has 3 nitrogen and oxygen atoms in total. The number of rotatable bonds is 4. The molecule has 0 bridgehead atoms. The van der Waals surface area contributed by atoms with Crippen LogP contribution in [0.15, 0.2) is 41.7 Å². The monoisotopic (exact) mass is 311 g/mol. The fourth-order valence-electron chi connectivity index (χ4n) is 1.89. The zero-order valence-electron chi connectivity index (χ0n) is 11.2. The Labute approximate surface area is 125 Å². The van der Waals surface area contributed by atoms with E-state index in [4.69, 9.17) is 16.3 Å². The SMILES string of the molecule is C=CCOc1cc(F)c(-c2ccc(Cl)c(=O)n2C)c(F)c1. The van der Waals surface area contributed by atoms with Gasteiger partial charge in [-0.05, 0) is 12.1 Å². The maximum absolute atomic E-state index is 14.1. The van der Waals surface area contributed by atoms with Crippen LogP contribution in [0.25, 0.3) is 11.3 Å². The van der Waals surface area contributed by atoms with Gasteiger partial charge in [0.2, 0.25) is 0 Å². The molecule has 6 heteroatoms. The lowest BCUT2D eigenvalue weighted by molar-refractivity contribution is 0.358. The molecular formula is C15H12ClF2NO2. The fraction of sp³-hybridized carbons (Fsp3) is 0.133. The van der Waals surface area contributed by atoms with Crippen molar-refractivity contribution in [1.82, 2.24) is 4.57 Å². The van der Waals surface area contributed by atoms with Gasteiger partial charge in [-0.2, -0.15) is 0 Å². The van der Waals surface area contributed by atoms with Crippen LogP contribution in [-0.4, -0.2) is 11.2 Å². The summed E-state index contributed by atoms with van der Waals surface area (Å²) >= 11 is 5.69. The summed E-state index contributed by atoms with van der Waals surface area (Å²) in [7, 11) is 1.39. The van der Waals surface area contributed by atoms with Gasteiger partial charge in [-0.25, -0.2) is 8.78 Å². The van der Waals surface area contributed by atoms with Gasteiger partial charge in [-0.3, -0.25) is 4.79 Å². The second-order valence-electron chi connectivity index (χ2n) is 4.29. The number of halogens is 3. The van der Waals surface area contributed by atoms with Gasteiger partial charge in [0.05, 0.1) is 11.3 Å². The molecule has 21 heavy (non-hydrogen) atoms. The Morgan fingerprint density at radius 3 is 2.52 bits per heavy atom. The van der Waals surface area contributed by atoms with Crippen molar-refractivity contribution in [2.45, 2.75) is 0 Å². The van der Waals surface area contributed by atoms with E-state index in [-0.39, 0.29) is 28.6 Å². The van der Waals surface area contributed by atoms with Crippen molar-refractivity contribution >= 4 is 11.6 Å². The minimum Gasteiger partial charge on any atom is -0.489 e. The van der Waals surface area contributed by atoms with Gasteiger partial charge in [0.1, 0.15) is 29.0 Å². The van der Waals surface area contributed by atoms with Crippen LogP contribution in [0.5, 0.6) is 5.75 Å². The second-order valence-corrected chi connectivity index (χ2v) is 4.70. The van der Waals surface area contributed by atoms with E-state index in [0.717, 1.165) is 16.7 Å². The Kier molecular flexibility index (Phi) is 4.43. The number of hydrogen-bond donors (Lipinski definition) is 0. The maximum Gasteiger partial charge on any atom is 0.269 e. The number of benzene rings is 1. The Hall–Kier alpha value is -2.14. The van der Waals surface area contributed by atoms with Crippen molar-refractivity contribution in [2.75, 3.05) is 6.61 Å². The minimum absolute atomic E-state index is 0.0204. The van der Waals surface area contributed by atoms with Crippen LogP contribution in [-0.2, 0) is 7.05 Å². The Morgan fingerprint density at radius 2 is 1.95 bits per heavy atom. The average Bonchev–Trinajstić information content (AvgIpc) is 2.44. The van der Waals surface area contributed by atoms with Crippen molar-refractivity contribution in [2.24, 2.45) is 7.05 Å². The maximum atomic E-state index is 14.1. The normalized spacial score (nSPS) is 10.5. The number of ether oxygens (including phenoxy) is 1. The van der Waals surface area contributed by atoms with Crippen molar-refractivity contribution in [3.05, 3.63) is 63.9 Å². The summed E-state index contributed by atoms with van der Waals surface area (Å²) in [5.74, 6) is -1.61. The lowest BCUT2D eigenvalue weighted by Gasteiger charge is -2.12. The first kappa shape index (κ1) is 15.3. The van der Waals surface area contributed by atoms with E-state index in [1.54, 1.807) is 0 Å². The predicted molar refractivity (Wildman–Crippen MR) is 77.7 cm³/mol. The minimum atomic E-state index is -0.827. The Balaban J connectivity index is 2.58. The number of nitrogens with zero attached hydrogens (tertiary/aromatic N) is 1. The Morgan fingerprint density at radius 1 is 1.33 bits per heavy atom. The largest absolute Gasteiger partial charge is 0.489 e. The molecule has 1 heterocycles. The van der Waals surface area contributed by atoms with Gasteiger partial charge in [0, 0.05) is 19.2 Å². The average molecular weight is 312 g/mol. The van der Waals surface area contributed by atoms with Crippen LogP contribution in [0.1, 0.15) is 0 Å². The van der Waals surface area contributed by atoms with Crippen molar-refractivity contribution in [3.8, 4) is 17.0 Å². The molecule has 0 aliphatic heterocycles. The molecule has 0 unspecified atom stereocenters. The zero-order valence-corrected chi connectivity index (χ0v) is 12.0. The molecule has 2 aromatic rings. The molecule has 1 aromatic carbocycles. The molecule has 1 aromatic heterocycles. The molecule has 0 saturated heterocycles. The van der Waals surface area contributed by atoms with Crippen LogP contribution >= 0.6 is 11.6 Å². The number of pyridine rings is 1. The fourth-order valence-corrected chi connectivity index (χ4v) is 2.08. The summed E-state index contributed by atoms with van der Waals surface area (Å²) in [6.07, 6.45) is 1.46. The predicted octanol–water partition coefficient (Wildman–Crippen LogP) is 3.55. The molecule has 110 valence electrons. The highest BCUT2D eigenvalue weighted by Crippen LogP contribution is 2.29. The molecule has 2 rings (SSSR count). The third-order valence-corrected chi connectivity index (χ3v) is 3.19. The summed E-state index contributed by atoms with van der Waals surface area (Å²) in [6, 6.07) is 4.80. The molecule has 0 fully saturated rings. The van der Waals surface area contributed by atoms with Crippen molar-refractivity contribution in [1.29, 1.82) is 0 Å². The summed E-state index contributed by atoms with van der Waals surface area (Å²) in [5.41, 5.74) is -0.744. The molecule has 0 spiro atoms. The Bertz CT molecular complexity index is 733. The number of hydrogen-bond acceptors (Lipinski definition) is 2. The van der Waals surface area contributed by atoms with E-state index in [1.165, 1.54) is 25.3 Å². The van der Waals surface area contributed by atoms with E-state index >= 15 is 0 Å². The van der Waals surface area contributed by atoms with E-state index in [0.29, 0.717) is 0 Å². The van der Waals surface area contributed by atoms with Crippen LogP contribution in [0.3, 0.4) is 0 Å². The lowest BCUT2D eigenvalue weighted by Crippen LogP contribution is -2.19. The molecular weight excluding hydrogens is 300 g/mol. The highest BCUT2D eigenvalue weighted by atomic mass is 35.5. The molecule has 0 saturated carbocycles. The van der Waals surface area contributed by atoms with E-state index in [1.807, 2.05) is 0 Å². The molecule has 0 radical (unpaired) electrons. The molecule has 0 N–H and O–H groups in total. The van der Waals surface area contributed by atoms with Gasteiger partial charge in [-0.15, -0.1) is 0 Å². The lowest BCUT2D eigenvalue weighted by atomic mass is 10.1. The first-order valence-corrected chi connectivity index (χ1v) is 6.42. The summed E-state index contributed by atoms with van der Waals surface area (Å²) in [5, 5.41) is -0.0204. The molecule has 0 aliphatic rings. The standard InChI is InChI=1S/C15H12ClF2NO2/c1-3-6-21-9-7-11(17)14(12(18)8-9)13-5-4-10(16)15(20)19(13)2/h3-5,7-8H,1,6H2,2H3. The third-order valence-electron chi connectivity index (χ3n) is 2.90. The van der Waals surface area contributed by atoms with Crippen molar-refractivity contribution in [3.63, 3.8) is 0 Å². The second kappa shape index (κ2) is 6.10. The van der Waals surface area contributed by atoms with Crippen molar-refractivity contribution < 1.29 is 13.5 Å². The van der Waals surface area contributed by atoms with Crippen LogP contribution in [0.2, 0.25) is 5.02 Å². The first-order chi connectivity index (χ1) is 9.95. The topological polar surface area (TPSA) is 31.2 Å². The summed E-state index contributed by atoms with van der Waals surface area (Å²) < 4.78 is 34.5. The molecule has 0 aliphatic carbocycles. The molecule has 0 atom stereocenters. The van der Waals surface area contributed by atoms with Crippen LogP contribution in [0, 0.1) is 11.6 Å². The van der Waals surface area contributed by atoms with Gasteiger partial charge in [0.25, 0.3) is 5.56 Å². The summed E-state index contributed by atoms with van der Waals surface area (Å²) in [6.45, 7) is 3.59. The van der Waals surface area contributed by atoms with Gasteiger partial charge >= 0.3 is 0 Å². The van der Waals surface area contributed by atoms with Gasteiger partial charge in [0.15, 0.2) is 0 Å². The van der Waals surface area contributed by atoms with Crippen LogP contribution < -0.4 is 10.3 Å². The highest BCUT2D eigenvalue weighted by Gasteiger charge is 2.17. The van der Waals surface area contributed by atoms with Gasteiger partial charge < -0.3 is 9.30 Å². The molecule has 0 amide bonds. The smallest absolute Gasteiger partial charge is 0.269 e. The quantitative estimate of drug-likeness (QED) is 0.809. The van der Waals surface area contributed by atoms with E-state index in [9.17, 15) is 13.6 Å².